The largest absolute Gasteiger partial charge is 0.398 e. The summed E-state index contributed by atoms with van der Waals surface area (Å²) in [7, 11) is -13.5. The van der Waals surface area contributed by atoms with Crippen LogP contribution in [-0.4, -0.2) is 34.4 Å². The molecule has 2 rings (SSSR count). The summed E-state index contributed by atoms with van der Waals surface area (Å²) in [5.74, 6) is 0. The number of sulfone groups is 1. The van der Waals surface area contributed by atoms with Gasteiger partial charge in [0.2, 0.25) is 9.84 Å². The van der Waals surface area contributed by atoms with E-state index in [9.17, 15) is 25.3 Å². The highest BCUT2D eigenvalue weighted by atomic mass is 32.2. The average Bonchev–Trinajstić information content (AvgIpc) is 2.44. The Morgan fingerprint density at radius 3 is 1.20 bits per heavy atom. The van der Waals surface area contributed by atoms with Gasteiger partial charge in [-0.15, -0.1) is 0 Å². The maximum Gasteiger partial charge on any atom is 0.296 e. The van der Waals surface area contributed by atoms with Crippen molar-refractivity contribution in [1.82, 2.24) is 0 Å². The van der Waals surface area contributed by atoms with Crippen molar-refractivity contribution in [3.8, 4) is 0 Å². The standard InChI is InChI=1S/C12H12N2O8S3/c13-9-5-7(1-3-11(9)24(17,18)19)23(15,16)8-2-4-12(10(14)6-8)25(20,21)22/h1-6H,13-14H2,(H,17,18,19)(H,20,21,22). The van der Waals surface area contributed by atoms with Gasteiger partial charge in [0.05, 0.1) is 21.2 Å². The van der Waals surface area contributed by atoms with Crippen molar-refractivity contribution in [3.05, 3.63) is 36.4 Å². The van der Waals surface area contributed by atoms with Gasteiger partial charge >= 0.3 is 0 Å². The molecule has 6 N–H and O–H groups in total. The molecule has 2 aromatic carbocycles. The van der Waals surface area contributed by atoms with E-state index in [0.717, 1.165) is 36.4 Å². The fourth-order valence-corrected chi connectivity index (χ4v) is 4.52. The summed E-state index contributed by atoms with van der Waals surface area (Å²) in [6, 6.07) is 5.08. The van der Waals surface area contributed by atoms with Gasteiger partial charge in [-0.1, -0.05) is 0 Å². The van der Waals surface area contributed by atoms with E-state index in [2.05, 4.69) is 0 Å². The Labute approximate surface area is 143 Å². The molecule has 0 aliphatic carbocycles. The summed E-state index contributed by atoms with van der Waals surface area (Å²) in [4.78, 5) is -2.13. The highest BCUT2D eigenvalue weighted by Crippen LogP contribution is 2.29. The Morgan fingerprint density at radius 1 is 0.640 bits per heavy atom. The highest BCUT2D eigenvalue weighted by Gasteiger charge is 2.23. The molecular weight excluding hydrogens is 396 g/mol. The maximum absolute atomic E-state index is 12.5. The molecule has 0 aliphatic heterocycles. The zero-order valence-corrected chi connectivity index (χ0v) is 14.6. The second-order valence-electron chi connectivity index (χ2n) is 4.85. The van der Waals surface area contributed by atoms with E-state index < -0.39 is 61.0 Å². The van der Waals surface area contributed by atoms with Crippen LogP contribution in [-0.2, 0) is 30.1 Å². The highest BCUT2D eigenvalue weighted by molar-refractivity contribution is 7.91. The van der Waals surface area contributed by atoms with Gasteiger partial charge < -0.3 is 11.5 Å². The number of benzene rings is 2. The predicted octanol–water partition coefficient (Wildman–Crippen LogP) is 0.177. The van der Waals surface area contributed by atoms with Crippen molar-refractivity contribution < 1.29 is 34.4 Å². The lowest BCUT2D eigenvalue weighted by Crippen LogP contribution is -2.09. The van der Waals surface area contributed by atoms with Gasteiger partial charge in [0, 0.05) is 0 Å². The molecule has 25 heavy (non-hydrogen) atoms. The number of hydrogen-bond donors (Lipinski definition) is 4. The molecule has 0 radical (unpaired) electrons. The van der Waals surface area contributed by atoms with E-state index in [1.165, 1.54) is 0 Å². The minimum Gasteiger partial charge on any atom is -0.398 e. The Balaban J connectivity index is 2.61. The third-order valence-corrected chi connectivity index (χ3v) is 6.74. The van der Waals surface area contributed by atoms with Gasteiger partial charge in [-0.3, -0.25) is 9.11 Å². The average molecular weight is 408 g/mol. The Kier molecular flexibility index (Phi) is 4.56. The molecule has 13 heteroatoms. The van der Waals surface area contributed by atoms with Gasteiger partial charge in [0.25, 0.3) is 20.2 Å². The van der Waals surface area contributed by atoms with Crippen LogP contribution < -0.4 is 11.5 Å². The first kappa shape index (κ1) is 19.1. The van der Waals surface area contributed by atoms with E-state index in [1.807, 2.05) is 0 Å². The lowest BCUT2D eigenvalue weighted by molar-refractivity contribution is 0.481. The molecule has 0 spiro atoms. The van der Waals surface area contributed by atoms with Crippen LogP contribution in [0.15, 0.2) is 56.0 Å². The van der Waals surface area contributed by atoms with Crippen molar-refractivity contribution in [3.63, 3.8) is 0 Å². The monoisotopic (exact) mass is 408 g/mol. The van der Waals surface area contributed by atoms with Crippen LogP contribution in [0.1, 0.15) is 0 Å². The van der Waals surface area contributed by atoms with Crippen molar-refractivity contribution in [2.45, 2.75) is 19.6 Å². The quantitative estimate of drug-likeness (QED) is 0.400. The van der Waals surface area contributed by atoms with Crippen LogP contribution in [0.3, 0.4) is 0 Å². The number of nitrogens with two attached hydrogens (primary N) is 2. The summed E-state index contributed by atoms with van der Waals surface area (Å²) >= 11 is 0. The molecule has 2 aromatic rings. The second kappa shape index (κ2) is 5.96. The van der Waals surface area contributed by atoms with E-state index in [0.29, 0.717) is 0 Å². The molecule has 0 fully saturated rings. The number of rotatable bonds is 4. The van der Waals surface area contributed by atoms with E-state index >= 15 is 0 Å². The zero-order chi connectivity index (χ0) is 19.2. The van der Waals surface area contributed by atoms with Crippen molar-refractivity contribution in [2.75, 3.05) is 11.5 Å². The minimum atomic E-state index is -4.62. The van der Waals surface area contributed by atoms with Crippen LogP contribution in [0.4, 0.5) is 11.4 Å². The Hall–Kier alpha value is -2.19. The normalized spacial score (nSPS) is 12.9. The van der Waals surface area contributed by atoms with Gasteiger partial charge in [0.15, 0.2) is 0 Å². The molecule has 0 amide bonds. The number of hydrogen-bond acceptors (Lipinski definition) is 8. The van der Waals surface area contributed by atoms with E-state index in [4.69, 9.17) is 20.6 Å². The molecule has 10 nitrogen and oxygen atoms in total. The summed E-state index contributed by atoms with van der Waals surface area (Å²) in [6.07, 6.45) is 0. The summed E-state index contributed by atoms with van der Waals surface area (Å²) in [5.41, 5.74) is 9.92. The van der Waals surface area contributed by atoms with Crippen LogP contribution in [0.2, 0.25) is 0 Å². The molecular formula is C12H12N2O8S3. The molecule has 0 atom stereocenters. The number of anilines is 2. The zero-order valence-electron chi connectivity index (χ0n) is 12.2. The minimum absolute atomic E-state index is 0.406. The molecule has 0 unspecified atom stereocenters. The summed E-state index contributed by atoms with van der Waals surface area (Å²) < 4.78 is 87.3. The van der Waals surface area contributed by atoms with Crippen molar-refractivity contribution >= 4 is 41.4 Å². The van der Waals surface area contributed by atoms with Crippen LogP contribution in [0.5, 0.6) is 0 Å². The fourth-order valence-electron chi connectivity index (χ4n) is 1.99. The molecule has 0 aromatic heterocycles. The first-order valence-electron chi connectivity index (χ1n) is 6.24. The summed E-state index contributed by atoms with van der Waals surface area (Å²) in [5, 5.41) is 0. The molecule has 0 bridgehead atoms. The molecule has 0 saturated carbocycles. The molecule has 0 saturated heterocycles. The predicted molar refractivity (Wildman–Crippen MR) is 86.8 cm³/mol. The van der Waals surface area contributed by atoms with Gasteiger partial charge in [0.1, 0.15) is 9.79 Å². The van der Waals surface area contributed by atoms with Gasteiger partial charge in [-0.05, 0) is 36.4 Å². The first-order chi connectivity index (χ1) is 11.2. The lowest BCUT2D eigenvalue weighted by Gasteiger charge is -2.09. The van der Waals surface area contributed by atoms with Gasteiger partial charge in [-0.2, -0.15) is 16.8 Å². The Morgan fingerprint density at radius 2 is 0.960 bits per heavy atom. The third kappa shape index (κ3) is 3.74. The second-order valence-corrected chi connectivity index (χ2v) is 9.58. The Bertz CT molecular complexity index is 1080. The number of nitrogen functional groups attached to an aromatic ring is 2. The van der Waals surface area contributed by atoms with Gasteiger partial charge in [-0.25, -0.2) is 8.42 Å². The SMILES string of the molecule is Nc1cc(S(=O)(=O)c2ccc(S(=O)(=O)O)c(N)c2)ccc1S(=O)(=O)O. The van der Waals surface area contributed by atoms with Crippen LogP contribution >= 0.6 is 0 Å². The summed E-state index contributed by atoms with van der Waals surface area (Å²) in [6.45, 7) is 0. The van der Waals surface area contributed by atoms with Crippen molar-refractivity contribution in [1.29, 1.82) is 0 Å². The first-order valence-corrected chi connectivity index (χ1v) is 10.6. The van der Waals surface area contributed by atoms with Crippen molar-refractivity contribution in [2.24, 2.45) is 0 Å². The third-order valence-electron chi connectivity index (χ3n) is 3.14. The maximum atomic E-state index is 12.5. The lowest BCUT2D eigenvalue weighted by atomic mass is 10.3. The molecule has 0 aliphatic rings. The van der Waals surface area contributed by atoms with E-state index in [-0.39, 0.29) is 0 Å². The fraction of sp³-hybridized carbons (Fsp3) is 0. The van der Waals surface area contributed by atoms with Crippen LogP contribution in [0.25, 0.3) is 0 Å². The molecule has 0 heterocycles. The molecule has 136 valence electrons. The van der Waals surface area contributed by atoms with Crippen LogP contribution in [0, 0.1) is 0 Å². The van der Waals surface area contributed by atoms with E-state index in [1.54, 1.807) is 0 Å². The topological polar surface area (TPSA) is 195 Å². The smallest absolute Gasteiger partial charge is 0.296 e.